The molecule has 0 amide bonds. The lowest BCUT2D eigenvalue weighted by atomic mass is 10.1. The van der Waals surface area contributed by atoms with Gasteiger partial charge in [-0.1, -0.05) is 15.9 Å². The molecule has 19 heavy (non-hydrogen) atoms. The van der Waals surface area contributed by atoms with Crippen molar-refractivity contribution in [1.29, 1.82) is 0 Å². The SMILES string of the molecule is CC(C)(N)CN(CCO)Cc1cc(Br)ccc1F.Cl. The van der Waals surface area contributed by atoms with Gasteiger partial charge in [0.05, 0.1) is 6.61 Å². The van der Waals surface area contributed by atoms with Gasteiger partial charge < -0.3 is 10.8 Å². The Morgan fingerprint density at radius 3 is 2.58 bits per heavy atom. The van der Waals surface area contributed by atoms with Crippen LogP contribution in [0.15, 0.2) is 22.7 Å². The quantitative estimate of drug-likeness (QED) is 0.824. The highest BCUT2D eigenvalue weighted by atomic mass is 79.9. The molecule has 0 aliphatic carbocycles. The van der Waals surface area contributed by atoms with E-state index in [0.29, 0.717) is 25.2 Å². The van der Waals surface area contributed by atoms with Gasteiger partial charge in [-0.3, -0.25) is 4.90 Å². The van der Waals surface area contributed by atoms with Crippen molar-refractivity contribution in [3.63, 3.8) is 0 Å². The number of aliphatic hydroxyl groups excluding tert-OH is 1. The standard InChI is InChI=1S/C13H20BrFN2O.ClH/c1-13(2,16)9-17(5-6-18)8-10-7-11(14)3-4-12(10)15;/h3-4,7,18H,5-6,8-9,16H2,1-2H3;1H. The number of hydrogen-bond donors (Lipinski definition) is 2. The first kappa shape index (κ1) is 18.8. The van der Waals surface area contributed by atoms with Crippen LogP contribution < -0.4 is 5.73 Å². The maximum absolute atomic E-state index is 13.7. The minimum Gasteiger partial charge on any atom is -0.395 e. The predicted molar refractivity (Wildman–Crippen MR) is 82.0 cm³/mol. The first-order valence-electron chi connectivity index (χ1n) is 5.88. The molecule has 0 bridgehead atoms. The fourth-order valence-corrected chi connectivity index (χ4v) is 2.25. The third-order valence-corrected chi connectivity index (χ3v) is 2.94. The average Bonchev–Trinajstić information content (AvgIpc) is 2.21. The van der Waals surface area contributed by atoms with E-state index in [1.54, 1.807) is 12.1 Å². The molecular formula is C13H21BrClFN2O. The summed E-state index contributed by atoms with van der Waals surface area (Å²) in [7, 11) is 0. The molecule has 0 saturated carbocycles. The van der Waals surface area contributed by atoms with Crippen LogP contribution >= 0.6 is 28.3 Å². The minimum atomic E-state index is -0.377. The van der Waals surface area contributed by atoms with Crippen LogP contribution in [0.2, 0.25) is 0 Å². The molecule has 6 heteroatoms. The van der Waals surface area contributed by atoms with Crippen molar-refractivity contribution < 1.29 is 9.50 Å². The Hall–Kier alpha value is -0.200. The van der Waals surface area contributed by atoms with E-state index < -0.39 is 0 Å². The van der Waals surface area contributed by atoms with Gasteiger partial charge in [0, 0.05) is 35.2 Å². The zero-order valence-electron chi connectivity index (χ0n) is 11.2. The van der Waals surface area contributed by atoms with E-state index in [2.05, 4.69) is 15.9 Å². The second-order valence-electron chi connectivity index (χ2n) is 5.16. The third-order valence-electron chi connectivity index (χ3n) is 2.45. The van der Waals surface area contributed by atoms with Gasteiger partial charge in [-0.25, -0.2) is 4.39 Å². The van der Waals surface area contributed by atoms with E-state index in [4.69, 9.17) is 10.8 Å². The molecule has 110 valence electrons. The molecular weight excluding hydrogens is 335 g/mol. The molecule has 0 unspecified atom stereocenters. The number of benzene rings is 1. The molecule has 0 aliphatic rings. The first-order chi connectivity index (χ1) is 8.31. The zero-order valence-corrected chi connectivity index (χ0v) is 13.6. The van der Waals surface area contributed by atoms with E-state index in [-0.39, 0.29) is 30.4 Å². The molecule has 0 aliphatic heterocycles. The summed E-state index contributed by atoms with van der Waals surface area (Å²) in [5.41, 5.74) is 6.18. The molecule has 0 atom stereocenters. The summed E-state index contributed by atoms with van der Waals surface area (Å²) in [6, 6.07) is 4.86. The van der Waals surface area contributed by atoms with Crippen molar-refractivity contribution in [1.82, 2.24) is 4.90 Å². The van der Waals surface area contributed by atoms with Crippen LogP contribution in [0.1, 0.15) is 19.4 Å². The molecule has 3 nitrogen and oxygen atoms in total. The Balaban J connectivity index is 0.00000324. The Morgan fingerprint density at radius 1 is 1.42 bits per heavy atom. The van der Waals surface area contributed by atoms with Gasteiger partial charge in [0.25, 0.3) is 0 Å². The molecule has 1 aromatic carbocycles. The van der Waals surface area contributed by atoms with Crippen LogP contribution in [0.4, 0.5) is 4.39 Å². The summed E-state index contributed by atoms with van der Waals surface area (Å²) in [5.74, 6) is -0.240. The van der Waals surface area contributed by atoms with Crippen molar-refractivity contribution in [3.05, 3.63) is 34.1 Å². The highest BCUT2D eigenvalue weighted by Gasteiger charge is 2.17. The van der Waals surface area contributed by atoms with Crippen molar-refractivity contribution in [2.45, 2.75) is 25.9 Å². The topological polar surface area (TPSA) is 49.5 Å². The van der Waals surface area contributed by atoms with Crippen LogP contribution in [-0.2, 0) is 6.54 Å². The van der Waals surface area contributed by atoms with E-state index in [0.717, 1.165) is 4.47 Å². The summed E-state index contributed by atoms with van der Waals surface area (Å²) in [4.78, 5) is 1.95. The lowest BCUT2D eigenvalue weighted by Gasteiger charge is -2.29. The summed E-state index contributed by atoms with van der Waals surface area (Å²) in [5, 5.41) is 9.05. The molecule has 0 saturated heterocycles. The average molecular weight is 356 g/mol. The van der Waals surface area contributed by atoms with Gasteiger partial charge >= 0.3 is 0 Å². The molecule has 0 fully saturated rings. The highest BCUT2D eigenvalue weighted by molar-refractivity contribution is 9.10. The molecule has 1 aromatic rings. The van der Waals surface area contributed by atoms with Crippen molar-refractivity contribution in [3.8, 4) is 0 Å². The summed E-state index contributed by atoms with van der Waals surface area (Å²) in [6.45, 7) is 5.37. The lowest BCUT2D eigenvalue weighted by Crippen LogP contribution is -2.46. The summed E-state index contributed by atoms with van der Waals surface area (Å²) in [6.07, 6.45) is 0. The largest absolute Gasteiger partial charge is 0.395 e. The van der Waals surface area contributed by atoms with Gasteiger partial charge in [0.1, 0.15) is 5.82 Å². The number of rotatable bonds is 6. The predicted octanol–water partition coefficient (Wildman–Crippen LogP) is 2.54. The summed E-state index contributed by atoms with van der Waals surface area (Å²) < 4.78 is 14.5. The number of halogens is 3. The monoisotopic (exact) mass is 354 g/mol. The fourth-order valence-electron chi connectivity index (χ4n) is 1.84. The molecule has 0 aromatic heterocycles. The second-order valence-corrected chi connectivity index (χ2v) is 6.07. The van der Waals surface area contributed by atoms with E-state index >= 15 is 0 Å². The Kier molecular flexibility index (Phi) is 8.08. The molecule has 1 rings (SSSR count). The zero-order chi connectivity index (χ0) is 13.8. The summed E-state index contributed by atoms with van der Waals surface area (Å²) >= 11 is 3.33. The van der Waals surface area contributed by atoms with Gasteiger partial charge in [-0.15, -0.1) is 12.4 Å². The van der Waals surface area contributed by atoms with Crippen LogP contribution in [0.25, 0.3) is 0 Å². The molecule has 0 heterocycles. The maximum Gasteiger partial charge on any atom is 0.127 e. The van der Waals surface area contributed by atoms with Crippen molar-refractivity contribution in [2.24, 2.45) is 5.73 Å². The minimum absolute atomic E-state index is 0. The Labute approximate surface area is 128 Å². The smallest absolute Gasteiger partial charge is 0.127 e. The van der Waals surface area contributed by atoms with Crippen LogP contribution in [0, 0.1) is 5.82 Å². The molecule has 0 radical (unpaired) electrons. The Bertz CT molecular complexity index is 399. The normalized spacial score (nSPS) is 11.5. The second kappa shape index (κ2) is 8.17. The molecule has 3 N–H and O–H groups in total. The van der Waals surface area contributed by atoms with Crippen LogP contribution in [-0.4, -0.2) is 35.2 Å². The van der Waals surface area contributed by atoms with Crippen molar-refractivity contribution in [2.75, 3.05) is 19.7 Å². The van der Waals surface area contributed by atoms with E-state index in [1.807, 2.05) is 18.7 Å². The van der Waals surface area contributed by atoms with E-state index in [1.165, 1.54) is 6.07 Å². The van der Waals surface area contributed by atoms with E-state index in [9.17, 15) is 4.39 Å². The fraction of sp³-hybridized carbons (Fsp3) is 0.538. The maximum atomic E-state index is 13.7. The first-order valence-corrected chi connectivity index (χ1v) is 6.67. The molecule has 0 spiro atoms. The number of nitrogens with two attached hydrogens (primary N) is 1. The van der Waals surface area contributed by atoms with Crippen LogP contribution in [0.3, 0.4) is 0 Å². The lowest BCUT2D eigenvalue weighted by molar-refractivity contribution is 0.165. The van der Waals surface area contributed by atoms with Gasteiger partial charge in [0.15, 0.2) is 0 Å². The van der Waals surface area contributed by atoms with Gasteiger partial charge in [-0.2, -0.15) is 0 Å². The van der Waals surface area contributed by atoms with Gasteiger partial charge in [0.2, 0.25) is 0 Å². The highest BCUT2D eigenvalue weighted by Crippen LogP contribution is 2.18. The number of hydrogen-bond acceptors (Lipinski definition) is 3. The third kappa shape index (κ3) is 7.22. The van der Waals surface area contributed by atoms with Crippen LogP contribution in [0.5, 0.6) is 0 Å². The van der Waals surface area contributed by atoms with Gasteiger partial charge in [-0.05, 0) is 32.0 Å². The number of nitrogens with zero attached hydrogens (tertiary/aromatic N) is 1. The Morgan fingerprint density at radius 2 is 2.05 bits per heavy atom. The number of aliphatic hydroxyl groups is 1. The van der Waals surface area contributed by atoms with Crippen molar-refractivity contribution >= 4 is 28.3 Å².